The molecule has 2 N–H and O–H groups in total. The van der Waals surface area contributed by atoms with Gasteiger partial charge in [0.1, 0.15) is 0 Å². The maximum Gasteiger partial charge on any atom is 0.329 e. The predicted molar refractivity (Wildman–Crippen MR) is 105 cm³/mol. The van der Waals surface area contributed by atoms with Gasteiger partial charge in [-0.05, 0) is 30.3 Å². The summed E-state index contributed by atoms with van der Waals surface area (Å²) in [5.74, 6) is 0. The van der Waals surface area contributed by atoms with E-state index in [-0.39, 0.29) is 0 Å². The van der Waals surface area contributed by atoms with E-state index in [9.17, 15) is 9.59 Å². The van der Waals surface area contributed by atoms with Crippen LogP contribution < -0.4 is 11.2 Å². The molecule has 0 atom stereocenters. The van der Waals surface area contributed by atoms with Gasteiger partial charge in [-0.25, -0.2) is 14.8 Å². The van der Waals surface area contributed by atoms with Crippen molar-refractivity contribution < 1.29 is 0 Å². The Hall–Kier alpha value is -2.81. The second-order valence-corrected chi connectivity index (χ2v) is 7.36. The summed E-state index contributed by atoms with van der Waals surface area (Å²) in [6.07, 6.45) is 3.06. The second-order valence-electron chi connectivity index (χ2n) is 6.40. The molecule has 3 aromatic heterocycles. The number of hydrogen-bond acceptors (Lipinski definition) is 5. The summed E-state index contributed by atoms with van der Waals surface area (Å²) in [5.41, 5.74) is 1.75. The zero-order valence-corrected chi connectivity index (χ0v) is 16.0. The lowest BCUT2D eigenvalue weighted by molar-refractivity contribution is 0.577. The standard InChI is InChI=1S/C18H20N6O2S/c1-3-4-7-10-24-13-14(23(2)17(26)22-15(13)25)21-18(24)27-16-19-11-8-5-6-9-12(11)20-16/h5-6,8-9H,3-4,7,10H2,1-2H3,(H,19,20)(H,22,25,26). The molecule has 8 nitrogen and oxygen atoms in total. The lowest BCUT2D eigenvalue weighted by Crippen LogP contribution is -2.29. The zero-order chi connectivity index (χ0) is 19.0. The highest BCUT2D eigenvalue weighted by Crippen LogP contribution is 2.29. The number of hydrogen-bond donors (Lipinski definition) is 2. The molecule has 3 heterocycles. The Morgan fingerprint density at radius 1 is 1.11 bits per heavy atom. The van der Waals surface area contributed by atoms with Crippen LogP contribution in [-0.4, -0.2) is 29.1 Å². The zero-order valence-electron chi connectivity index (χ0n) is 15.2. The number of para-hydroxylation sites is 2. The van der Waals surface area contributed by atoms with Crippen LogP contribution in [0.5, 0.6) is 0 Å². The molecule has 27 heavy (non-hydrogen) atoms. The number of benzene rings is 1. The minimum atomic E-state index is -0.467. The van der Waals surface area contributed by atoms with Gasteiger partial charge in [-0.3, -0.25) is 14.3 Å². The third-order valence-corrected chi connectivity index (χ3v) is 5.39. The summed E-state index contributed by atoms with van der Waals surface area (Å²) in [4.78, 5) is 39.2. The van der Waals surface area contributed by atoms with Gasteiger partial charge in [-0.1, -0.05) is 31.9 Å². The number of rotatable bonds is 6. The Morgan fingerprint density at radius 2 is 1.93 bits per heavy atom. The van der Waals surface area contributed by atoms with Crippen molar-refractivity contribution in [1.29, 1.82) is 0 Å². The minimum absolute atomic E-state index is 0.388. The fourth-order valence-electron chi connectivity index (χ4n) is 3.08. The third kappa shape index (κ3) is 3.18. The van der Waals surface area contributed by atoms with E-state index in [4.69, 9.17) is 0 Å². The highest BCUT2D eigenvalue weighted by Gasteiger charge is 2.19. The largest absolute Gasteiger partial charge is 0.333 e. The lowest BCUT2D eigenvalue weighted by Gasteiger charge is -2.07. The van der Waals surface area contributed by atoms with Crippen molar-refractivity contribution in [2.75, 3.05) is 0 Å². The number of aryl methyl sites for hydroxylation is 2. The smallest absolute Gasteiger partial charge is 0.329 e. The van der Waals surface area contributed by atoms with Crippen LogP contribution in [-0.2, 0) is 13.6 Å². The maximum atomic E-state index is 12.4. The van der Waals surface area contributed by atoms with E-state index in [0.717, 1.165) is 30.3 Å². The van der Waals surface area contributed by atoms with Crippen molar-refractivity contribution in [3.05, 3.63) is 45.1 Å². The molecule has 0 unspecified atom stereocenters. The van der Waals surface area contributed by atoms with Gasteiger partial charge < -0.3 is 9.55 Å². The molecule has 0 spiro atoms. The number of imidazole rings is 2. The van der Waals surface area contributed by atoms with Crippen LogP contribution >= 0.6 is 11.8 Å². The quantitative estimate of drug-likeness (QED) is 0.498. The molecule has 0 aliphatic rings. The summed E-state index contributed by atoms with van der Waals surface area (Å²) >= 11 is 1.36. The van der Waals surface area contributed by atoms with Crippen molar-refractivity contribution in [2.24, 2.45) is 7.05 Å². The molecule has 4 rings (SSSR count). The summed E-state index contributed by atoms with van der Waals surface area (Å²) in [6.45, 7) is 2.79. The van der Waals surface area contributed by atoms with E-state index in [1.807, 2.05) is 28.8 Å². The molecule has 0 saturated carbocycles. The molecule has 140 valence electrons. The van der Waals surface area contributed by atoms with Gasteiger partial charge in [0, 0.05) is 13.6 Å². The molecule has 1 aromatic carbocycles. The first kappa shape index (κ1) is 17.6. The molecule has 0 radical (unpaired) electrons. The van der Waals surface area contributed by atoms with E-state index < -0.39 is 11.2 Å². The normalized spacial score (nSPS) is 11.6. The average molecular weight is 384 g/mol. The first-order valence-corrected chi connectivity index (χ1v) is 9.72. The van der Waals surface area contributed by atoms with Crippen molar-refractivity contribution in [3.63, 3.8) is 0 Å². The van der Waals surface area contributed by atoms with Crippen LogP contribution in [0.2, 0.25) is 0 Å². The van der Waals surface area contributed by atoms with Crippen LogP contribution in [0.1, 0.15) is 26.2 Å². The van der Waals surface area contributed by atoms with Crippen molar-refractivity contribution in [1.82, 2.24) is 29.1 Å². The molecule has 0 aliphatic carbocycles. The minimum Gasteiger partial charge on any atom is -0.333 e. The second kappa shape index (κ2) is 7.07. The highest BCUT2D eigenvalue weighted by atomic mass is 32.2. The Morgan fingerprint density at radius 3 is 2.70 bits per heavy atom. The van der Waals surface area contributed by atoms with Gasteiger partial charge in [-0.15, -0.1) is 0 Å². The molecule has 0 amide bonds. The van der Waals surface area contributed by atoms with Gasteiger partial charge in [0.15, 0.2) is 21.5 Å². The number of aromatic amines is 2. The Bertz CT molecular complexity index is 1200. The molecular formula is C18H20N6O2S. The van der Waals surface area contributed by atoms with Crippen LogP contribution in [0.3, 0.4) is 0 Å². The number of aromatic nitrogens is 6. The topological polar surface area (TPSA) is 101 Å². The fraction of sp³-hybridized carbons (Fsp3) is 0.333. The molecule has 4 aromatic rings. The van der Waals surface area contributed by atoms with Gasteiger partial charge >= 0.3 is 5.69 Å². The van der Waals surface area contributed by atoms with Gasteiger partial charge in [0.2, 0.25) is 0 Å². The lowest BCUT2D eigenvalue weighted by atomic mass is 10.2. The first-order chi connectivity index (χ1) is 13.1. The highest BCUT2D eigenvalue weighted by molar-refractivity contribution is 7.99. The summed E-state index contributed by atoms with van der Waals surface area (Å²) < 4.78 is 3.26. The van der Waals surface area contributed by atoms with Crippen molar-refractivity contribution >= 4 is 34.0 Å². The van der Waals surface area contributed by atoms with Crippen molar-refractivity contribution in [3.8, 4) is 0 Å². The average Bonchev–Trinajstić information content (AvgIpc) is 3.22. The number of fused-ring (bicyclic) bond motifs is 2. The van der Waals surface area contributed by atoms with E-state index in [0.29, 0.717) is 28.0 Å². The molecule has 0 fully saturated rings. The first-order valence-electron chi connectivity index (χ1n) is 8.90. The van der Waals surface area contributed by atoms with Crippen LogP contribution in [0.15, 0.2) is 44.2 Å². The number of nitrogens with zero attached hydrogens (tertiary/aromatic N) is 4. The number of H-pyrrole nitrogens is 2. The van der Waals surface area contributed by atoms with Gasteiger partial charge in [-0.2, -0.15) is 0 Å². The Kier molecular flexibility index (Phi) is 4.61. The van der Waals surface area contributed by atoms with E-state index in [1.54, 1.807) is 7.05 Å². The van der Waals surface area contributed by atoms with E-state index in [2.05, 4.69) is 26.9 Å². The number of unbranched alkanes of at least 4 members (excludes halogenated alkanes) is 2. The monoisotopic (exact) mass is 384 g/mol. The summed E-state index contributed by atoms with van der Waals surface area (Å²) in [5, 5.41) is 1.34. The van der Waals surface area contributed by atoms with E-state index >= 15 is 0 Å². The van der Waals surface area contributed by atoms with Gasteiger partial charge in [0.25, 0.3) is 5.56 Å². The van der Waals surface area contributed by atoms with Crippen LogP contribution in [0.25, 0.3) is 22.2 Å². The van der Waals surface area contributed by atoms with Crippen LogP contribution in [0.4, 0.5) is 0 Å². The third-order valence-electron chi connectivity index (χ3n) is 4.51. The summed E-state index contributed by atoms with van der Waals surface area (Å²) in [7, 11) is 1.61. The SMILES string of the molecule is CCCCCn1c(Sc2nc3ccccc3[nH]2)nc2c1c(=O)[nH]c(=O)n2C. The Labute approximate surface area is 158 Å². The molecular weight excluding hydrogens is 364 g/mol. The van der Waals surface area contributed by atoms with Crippen LogP contribution in [0, 0.1) is 0 Å². The molecule has 0 bridgehead atoms. The molecule has 0 saturated heterocycles. The van der Waals surface area contributed by atoms with Gasteiger partial charge in [0.05, 0.1) is 11.0 Å². The fourth-order valence-corrected chi connectivity index (χ4v) is 3.99. The number of nitrogens with one attached hydrogen (secondary N) is 2. The maximum absolute atomic E-state index is 12.4. The van der Waals surface area contributed by atoms with E-state index in [1.165, 1.54) is 16.3 Å². The molecule has 9 heteroatoms. The van der Waals surface area contributed by atoms with Crippen molar-refractivity contribution in [2.45, 2.75) is 43.0 Å². The molecule has 0 aliphatic heterocycles. The Balaban J connectivity index is 1.83. The summed E-state index contributed by atoms with van der Waals surface area (Å²) in [6, 6.07) is 7.79. The predicted octanol–water partition coefficient (Wildman–Crippen LogP) is 2.64.